The predicted octanol–water partition coefficient (Wildman–Crippen LogP) is 5.77. The monoisotopic (exact) mass is 523 g/mol. The number of nitrogens with zero attached hydrogens (tertiary/aromatic N) is 1. The second-order valence-corrected chi connectivity index (χ2v) is 8.80. The van der Waals surface area contributed by atoms with E-state index in [0.717, 1.165) is 15.9 Å². The van der Waals surface area contributed by atoms with Gasteiger partial charge in [0.25, 0.3) is 0 Å². The molecule has 0 unspecified atom stereocenters. The van der Waals surface area contributed by atoms with Crippen molar-refractivity contribution in [1.82, 2.24) is 0 Å². The number of hydrogen-bond donors (Lipinski definition) is 0. The maximum absolute atomic E-state index is 13.2. The summed E-state index contributed by atoms with van der Waals surface area (Å²) in [4.78, 5) is 26.3. The van der Waals surface area contributed by atoms with Crippen molar-refractivity contribution in [2.75, 3.05) is 13.2 Å². The van der Waals surface area contributed by atoms with Crippen molar-refractivity contribution >= 4 is 24.2 Å². The second-order valence-electron chi connectivity index (χ2n) is 8.80. The van der Waals surface area contributed by atoms with Crippen molar-refractivity contribution in [3.05, 3.63) is 118 Å². The van der Waals surface area contributed by atoms with Gasteiger partial charge in [0.2, 0.25) is 0 Å². The van der Waals surface area contributed by atoms with Crippen LogP contribution in [0.3, 0.4) is 0 Å². The largest absolute Gasteiger partial charge is 0.624 e. The van der Waals surface area contributed by atoms with Crippen molar-refractivity contribution in [2.45, 2.75) is 33.2 Å². The van der Waals surface area contributed by atoms with E-state index in [4.69, 9.17) is 9.47 Å². The predicted molar refractivity (Wildman–Crippen MR) is 153 cm³/mol. The summed E-state index contributed by atoms with van der Waals surface area (Å²) in [5.41, 5.74) is 1.45. The Bertz CT molecular complexity index is 1330. The molecular formula is C33H33NO5. The van der Waals surface area contributed by atoms with Crippen LogP contribution in [0.1, 0.15) is 48.9 Å². The minimum Gasteiger partial charge on any atom is -0.624 e. The fourth-order valence-electron chi connectivity index (χ4n) is 3.94. The zero-order chi connectivity index (χ0) is 27.9. The molecule has 3 aromatic rings. The van der Waals surface area contributed by atoms with Gasteiger partial charge >= 0.3 is 11.9 Å². The van der Waals surface area contributed by atoms with Crippen molar-refractivity contribution in [1.29, 1.82) is 0 Å². The van der Waals surface area contributed by atoms with Gasteiger partial charge < -0.3 is 14.7 Å². The van der Waals surface area contributed by atoms with E-state index >= 15 is 0 Å². The summed E-state index contributed by atoms with van der Waals surface area (Å²) in [5, 5.41) is 12.6. The molecule has 0 saturated carbocycles. The van der Waals surface area contributed by atoms with E-state index < -0.39 is 17.4 Å². The van der Waals surface area contributed by atoms with Gasteiger partial charge in [-0.15, -0.1) is 0 Å². The molecule has 0 aliphatic rings. The van der Waals surface area contributed by atoms with Crippen LogP contribution in [0.25, 0.3) is 6.08 Å². The van der Waals surface area contributed by atoms with E-state index in [-0.39, 0.29) is 32.6 Å². The second kappa shape index (κ2) is 14.9. The summed E-state index contributed by atoms with van der Waals surface area (Å²) in [6, 6.07) is 26.3. The van der Waals surface area contributed by atoms with Gasteiger partial charge in [0, 0.05) is 17.5 Å². The maximum Gasteiger partial charge on any atom is 0.324 e. The minimum atomic E-state index is -1.62. The molecule has 0 amide bonds. The highest BCUT2D eigenvalue weighted by Crippen LogP contribution is 2.32. The lowest BCUT2D eigenvalue weighted by Gasteiger charge is -2.26. The first kappa shape index (κ1) is 28.9. The van der Waals surface area contributed by atoms with Gasteiger partial charge in [-0.25, -0.2) is 4.74 Å². The van der Waals surface area contributed by atoms with Gasteiger partial charge in [-0.2, -0.15) is 0 Å². The fraction of sp³-hybridized carbons (Fsp3) is 0.242. The Kier molecular flexibility index (Phi) is 11.1. The van der Waals surface area contributed by atoms with Gasteiger partial charge in [0.15, 0.2) is 18.2 Å². The average Bonchev–Trinajstić information content (AvgIpc) is 2.94. The van der Waals surface area contributed by atoms with Gasteiger partial charge in [-0.3, -0.25) is 9.59 Å². The van der Waals surface area contributed by atoms with Crippen LogP contribution in [0.5, 0.6) is 0 Å². The third-order valence-electron chi connectivity index (χ3n) is 5.95. The van der Waals surface area contributed by atoms with Crippen LogP contribution in [0, 0.1) is 22.5 Å². The zero-order valence-electron chi connectivity index (χ0n) is 22.3. The van der Waals surface area contributed by atoms with Crippen LogP contribution >= 0.6 is 0 Å². The summed E-state index contributed by atoms with van der Waals surface area (Å²) < 4.78 is 11.5. The molecule has 0 bridgehead atoms. The van der Waals surface area contributed by atoms with Crippen LogP contribution in [0.2, 0.25) is 0 Å². The Morgan fingerprint density at radius 2 is 1.46 bits per heavy atom. The molecule has 0 saturated heterocycles. The molecule has 0 heterocycles. The van der Waals surface area contributed by atoms with E-state index in [2.05, 4.69) is 11.8 Å². The molecule has 0 spiro atoms. The van der Waals surface area contributed by atoms with Crippen LogP contribution in [0.4, 0.5) is 0 Å². The Labute approximate surface area is 230 Å². The lowest BCUT2D eigenvalue weighted by Crippen LogP contribution is -2.41. The smallest absolute Gasteiger partial charge is 0.324 e. The highest BCUT2D eigenvalue weighted by Gasteiger charge is 2.47. The molecule has 0 fully saturated rings. The van der Waals surface area contributed by atoms with Crippen molar-refractivity contribution in [2.24, 2.45) is 5.41 Å². The molecule has 3 rings (SSSR count). The van der Waals surface area contributed by atoms with Gasteiger partial charge in [-0.05, 0) is 38.0 Å². The van der Waals surface area contributed by atoms with E-state index in [1.807, 2.05) is 78.9 Å². The summed E-state index contributed by atoms with van der Waals surface area (Å²) >= 11 is 0. The fourth-order valence-corrected chi connectivity index (χ4v) is 3.94. The minimum absolute atomic E-state index is 0.0629. The van der Waals surface area contributed by atoms with Crippen LogP contribution in [-0.2, 0) is 25.6 Å². The highest BCUT2D eigenvalue weighted by atomic mass is 16.6. The van der Waals surface area contributed by atoms with E-state index in [9.17, 15) is 14.8 Å². The molecule has 0 N–H and O–H groups in total. The molecule has 6 nitrogen and oxygen atoms in total. The lowest BCUT2D eigenvalue weighted by atomic mass is 9.80. The number of carbonyl (C=O) groups is 2. The number of rotatable bonds is 11. The topological polar surface area (TPSA) is 78.7 Å². The third kappa shape index (κ3) is 8.44. The summed E-state index contributed by atoms with van der Waals surface area (Å²) in [6.45, 7) is 3.82. The Morgan fingerprint density at radius 3 is 2.10 bits per heavy atom. The van der Waals surface area contributed by atoms with E-state index in [0.29, 0.717) is 11.1 Å². The zero-order valence-corrected chi connectivity index (χ0v) is 22.3. The number of hydroxylamine groups is 1. The first-order chi connectivity index (χ1) is 19.0. The maximum atomic E-state index is 13.2. The highest BCUT2D eigenvalue weighted by molar-refractivity contribution is 6.00. The lowest BCUT2D eigenvalue weighted by molar-refractivity contribution is -0.469. The SMILES string of the molecule is CCOC(=O)C(CC#Cc1ccccc1/C=[N+](\[O-])Cc1ccccc1)(C/C=C\c1ccccc1)C(=O)OCC. The molecule has 3 aromatic carbocycles. The number of hydrogen-bond acceptors (Lipinski definition) is 5. The molecule has 200 valence electrons. The number of allylic oxidation sites excluding steroid dienone is 1. The third-order valence-corrected chi connectivity index (χ3v) is 5.95. The molecule has 6 heteroatoms. The van der Waals surface area contributed by atoms with Crippen LogP contribution in [0.15, 0.2) is 91.0 Å². The quantitative estimate of drug-likeness (QED) is 0.0606. The molecule has 0 aromatic heterocycles. The molecule has 0 aliphatic carbocycles. The molecular weight excluding hydrogens is 490 g/mol. The van der Waals surface area contributed by atoms with Gasteiger partial charge in [0.05, 0.1) is 18.8 Å². The average molecular weight is 524 g/mol. The molecule has 39 heavy (non-hydrogen) atoms. The number of ether oxygens (including phenoxy) is 2. The number of benzene rings is 3. The summed E-state index contributed by atoms with van der Waals surface area (Å²) in [7, 11) is 0. The Balaban J connectivity index is 1.91. The Hall–Kier alpha value is -4.63. The normalized spacial score (nSPS) is 11.5. The van der Waals surface area contributed by atoms with Crippen LogP contribution in [-0.4, -0.2) is 36.1 Å². The molecule has 0 aliphatic heterocycles. The first-order valence-electron chi connectivity index (χ1n) is 12.9. The molecule has 0 radical (unpaired) electrons. The van der Waals surface area contributed by atoms with Crippen molar-refractivity contribution < 1.29 is 23.8 Å². The number of carbonyl (C=O) groups excluding carboxylic acids is 2. The van der Waals surface area contributed by atoms with Gasteiger partial charge in [-0.1, -0.05) is 96.8 Å². The number of esters is 2. The summed E-state index contributed by atoms with van der Waals surface area (Å²) in [6.07, 6.45) is 5.06. The van der Waals surface area contributed by atoms with Gasteiger partial charge in [0.1, 0.15) is 0 Å². The van der Waals surface area contributed by atoms with E-state index in [1.54, 1.807) is 32.1 Å². The Morgan fingerprint density at radius 1 is 0.872 bits per heavy atom. The molecule has 0 atom stereocenters. The summed E-state index contributed by atoms with van der Waals surface area (Å²) in [5.74, 6) is 4.71. The van der Waals surface area contributed by atoms with E-state index in [1.165, 1.54) is 6.21 Å². The van der Waals surface area contributed by atoms with Crippen molar-refractivity contribution in [3.8, 4) is 11.8 Å². The van der Waals surface area contributed by atoms with Crippen LogP contribution < -0.4 is 0 Å². The standard InChI is InChI=1S/C33H33NO5/c1-3-38-31(35)33(32(36)39-4-2,23-13-19-27-15-7-5-8-16-27)24-14-22-29-20-11-12-21-30(29)26-34(37)25-28-17-9-6-10-18-28/h5-13,15-21,26H,3-4,23-25H2,1-2H3/b19-13-,34-26-. The van der Waals surface area contributed by atoms with Crippen molar-refractivity contribution in [3.63, 3.8) is 0 Å². The first-order valence-corrected chi connectivity index (χ1v) is 12.9.